The van der Waals surface area contributed by atoms with Crippen LogP contribution in [0.5, 0.6) is 0 Å². The molecule has 0 saturated heterocycles. The largest absolute Gasteiger partial charge is 0.309 e. The Kier molecular flexibility index (Phi) is 9.13. The Morgan fingerprint density at radius 1 is 0.281 bits per heavy atom. The molecule has 1 heteroatoms. The molecule has 300 valence electrons. The lowest BCUT2D eigenvalue weighted by molar-refractivity contribution is 0.769. The molecule has 0 aromatic heterocycles. The third kappa shape index (κ3) is 6.08. The van der Waals surface area contributed by atoms with Crippen LogP contribution in [-0.4, -0.2) is 0 Å². The van der Waals surface area contributed by atoms with E-state index in [1.54, 1.807) is 0 Å². The van der Waals surface area contributed by atoms with Gasteiger partial charge in [0.1, 0.15) is 0 Å². The van der Waals surface area contributed by atoms with Crippen LogP contribution < -0.4 is 4.90 Å². The number of benzene rings is 11. The molecule has 1 nitrogen and oxygen atoms in total. The molecule has 1 aliphatic carbocycles. The van der Waals surface area contributed by atoms with Gasteiger partial charge in [-0.1, -0.05) is 224 Å². The lowest BCUT2D eigenvalue weighted by Gasteiger charge is -2.35. The highest BCUT2D eigenvalue weighted by molar-refractivity contribution is 6.11. The van der Waals surface area contributed by atoms with Gasteiger partial charge in [0.2, 0.25) is 0 Å². The Hall–Kier alpha value is -8.26. The van der Waals surface area contributed by atoms with Crippen LogP contribution in [-0.2, 0) is 5.41 Å². The van der Waals surface area contributed by atoms with Crippen molar-refractivity contribution in [2.24, 2.45) is 0 Å². The van der Waals surface area contributed by atoms with E-state index in [9.17, 15) is 0 Å². The molecule has 0 fully saturated rings. The summed E-state index contributed by atoms with van der Waals surface area (Å²) >= 11 is 0. The topological polar surface area (TPSA) is 3.24 Å². The number of hydrogen-bond donors (Lipinski definition) is 0. The fourth-order valence-electron chi connectivity index (χ4n) is 10.4. The van der Waals surface area contributed by atoms with Gasteiger partial charge in [0.05, 0.1) is 11.1 Å². The molecule has 64 heavy (non-hydrogen) atoms. The second-order valence-corrected chi connectivity index (χ2v) is 16.8. The van der Waals surface area contributed by atoms with Crippen LogP contribution >= 0.6 is 0 Å². The van der Waals surface area contributed by atoms with Gasteiger partial charge in [-0.3, -0.25) is 0 Å². The Labute approximate surface area is 374 Å². The average Bonchev–Trinajstić information content (AvgIpc) is 3.67. The summed E-state index contributed by atoms with van der Waals surface area (Å²) < 4.78 is 0. The quantitative estimate of drug-likeness (QED) is 0.148. The Morgan fingerprint density at radius 2 is 0.750 bits per heavy atom. The van der Waals surface area contributed by atoms with Crippen molar-refractivity contribution >= 4 is 38.6 Å². The zero-order valence-electron chi connectivity index (χ0n) is 35.3. The summed E-state index contributed by atoms with van der Waals surface area (Å²) in [5.41, 5.74) is 17.6. The maximum Gasteiger partial charge on any atom is 0.0714 e. The van der Waals surface area contributed by atoms with E-state index < -0.39 is 5.41 Å². The van der Waals surface area contributed by atoms with E-state index in [-0.39, 0.29) is 0 Å². The monoisotopic (exact) mass is 813 g/mol. The van der Waals surface area contributed by atoms with Gasteiger partial charge >= 0.3 is 0 Å². The SMILES string of the molecule is c1ccc(-c2ccc(N(c3ccc(-c4ccccc4-c4ccc5ccccc5c4)cc3)c3c4c(cc5ccccc35)C(c3ccccc3)(c3ccccc3)c3ccccc3-4)cc2)cc1. The molecule has 11 aromatic carbocycles. The van der Waals surface area contributed by atoms with Gasteiger partial charge in [0.25, 0.3) is 0 Å². The van der Waals surface area contributed by atoms with Crippen LogP contribution in [0.15, 0.2) is 261 Å². The number of anilines is 3. The molecule has 0 radical (unpaired) electrons. The highest BCUT2D eigenvalue weighted by atomic mass is 15.1. The van der Waals surface area contributed by atoms with Gasteiger partial charge in [-0.2, -0.15) is 0 Å². The smallest absolute Gasteiger partial charge is 0.0714 e. The average molecular weight is 814 g/mol. The van der Waals surface area contributed by atoms with Crippen molar-refractivity contribution in [3.05, 3.63) is 283 Å². The molecule has 0 N–H and O–H groups in total. The van der Waals surface area contributed by atoms with E-state index in [1.807, 2.05) is 0 Å². The Balaban J connectivity index is 1.11. The van der Waals surface area contributed by atoms with Gasteiger partial charge in [-0.15, -0.1) is 0 Å². The normalized spacial score (nSPS) is 12.5. The van der Waals surface area contributed by atoms with Crippen molar-refractivity contribution in [2.45, 2.75) is 5.41 Å². The predicted octanol–water partition coefficient (Wildman–Crippen LogP) is 16.8. The van der Waals surface area contributed by atoms with E-state index in [1.165, 1.54) is 94.0 Å². The first-order valence-electron chi connectivity index (χ1n) is 22.2. The van der Waals surface area contributed by atoms with Gasteiger partial charge < -0.3 is 4.90 Å². The zero-order chi connectivity index (χ0) is 42.5. The second-order valence-electron chi connectivity index (χ2n) is 16.8. The van der Waals surface area contributed by atoms with Crippen LogP contribution in [0, 0.1) is 0 Å². The molecule has 0 aliphatic heterocycles. The summed E-state index contributed by atoms with van der Waals surface area (Å²) in [5, 5.41) is 4.89. The number of nitrogens with zero attached hydrogens (tertiary/aromatic N) is 1. The van der Waals surface area contributed by atoms with Crippen molar-refractivity contribution in [3.8, 4) is 44.5 Å². The summed E-state index contributed by atoms with van der Waals surface area (Å²) in [7, 11) is 0. The van der Waals surface area contributed by atoms with E-state index in [4.69, 9.17) is 0 Å². The molecular weight excluding hydrogens is 771 g/mol. The van der Waals surface area contributed by atoms with Crippen LogP contribution in [0.4, 0.5) is 17.1 Å². The Bertz CT molecular complexity index is 3420. The van der Waals surface area contributed by atoms with Crippen molar-refractivity contribution in [1.82, 2.24) is 0 Å². The summed E-state index contributed by atoms with van der Waals surface area (Å²) in [5.74, 6) is 0. The first-order valence-corrected chi connectivity index (χ1v) is 22.2. The highest BCUT2D eigenvalue weighted by Gasteiger charge is 2.48. The van der Waals surface area contributed by atoms with Crippen LogP contribution in [0.2, 0.25) is 0 Å². The molecule has 11 aromatic rings. The lowest BCUT2D eigenvalue weighted by Crippen LogP contribution is -2.28. The maximum absolute atomic E-state index is 2.51. The molecule has 0 bridgehead atoms. The minimum atomic E-state index is -0.549. The van der Waals surface area contributed by atoms with Gasteiger partial charge in [0, 0.05) is 22.3 Å². The van der Waals surface area contributed by atoms with Crippen molar-refractivity contribution in [1.29, 1.82) is 0 Å². The summed E-state index contributed by atoms with van der Waals surface area (Å²) in [6, 6.07) is 95.9. The van der Waals surface area contributed by atoms with Gasteiger partial charge in [0.15, 0.2) is 0 Å². The summed E-state index contributed by atoms with van der Waals surface area (Å²) in [6.07, 6.45) is 0. The van der Waals surface area contributed by atoms with E-state index in [0.717, 1.165) is 11.4 Å². The molecule has 0 saturated carbocycles. The van der Waals surface area contributed by atoms with E-state index in [2.05, 4.69) is 266 Å². The zero-order valence-corrected chi connectivity index (χ0v) is 35.3. The fraction of sp³-hybridized carbons (Fsp3) is 0.0159. The van der Waals surface area contributed by atoms with E-state index >= 15 is 0 Å². The third-order valence-electron chi connectivity index (χ3n) is 13.3. The van der Waals surface area contributed by atoms with Crippen molar-refractivity contribution < 1.29 is 0 Å². The molecule has 0 heterocycles. The maximum atomic E-state index is 2.51. The Morgan fingerprint density at radius 3 is 1.41 bits per heavy atom. The van der Waals surface area contributed by atoms with Crippen molar-refractivity contribution in [3.63, 3.8) is 0 Å². The van der Waals surface area contributed by atoms with Crippen molar-refractivity contribution in [2.75, 3.05) is 4.90 Å². The standard InChI is InChI=1S/C63H43N/c1-4-18-44(19-5-1)46-34-38-53(39-35-46)64(54-40-36-47(37-41-54)55-27-14-15-28-56(55)50-33-32-45-20-10-11-21-48(45)42-50)62-57-29-13-12-22-49(57)43-60-61(62)58-30-16-17-31-59(58)63(60,51-23-6-2-7-24-51)52-25-8-3-9-26-52/h1-43H. The van der Waals surface area contributed by atoms with Crippen LogP contribution in [0.1, 0.15) is 22.3 Å². The molecule has 1 aliphatic rings. The fourth-order valence-corrected chi connectivity index (χ4v) is 10.4. The molecular formula is C63H43N. The lowest BCUT2D eigenvalue weighted by atomic mass is 9.67. The molecule has 0 spiro atoms. The van der Waals surface area contributed by atoms with E-state index in [0.29, 0.717) is 0 Å². The first-order chi connectivity index (χ1) is 31.8. The molecule has 0 atom stereocenters. The van der Waals surface area contributed by atoms with Crippen LogP contribution in [0.3, 0.4) is 0 Å². The minimum Gasteiger partial charge on any atom is -0.309 e. The highest BCUT2D eigenvalue weighted by Crippen LogP contribution is 2.61. The minimum absolute atomic E-state index is 0.549. The molecule has 12 rings (SSSR count). The number of fused-ring (bicyclic) bond motifs is 5. The van der Waals surface area contributed by atoms with Gasteiger partial charge in [-0.05, 0) is 114 Å². The van der Waals surface area contributed by atoms with Gasteiger partial charge in [-0.25, -0.2) is 0 Å². The predicted molar refractivity (Wildman–Crippen MR) is 270 cm³/mol. The van der Waals surface area contributed by atoms with Crippen LogP contribution in [0.25, 0.3) is 66.1 Å². The first kappa shape index (κ1) is 37.5. The molecule has 0 unspecified atom stereocenters. The number of hydrogen-bond acceptors (Lipinski definition) is 1. The summed E-state index contributed by atoms with van der Waals surface area (Å²) in [4.78, 5) is 2.51. The molecule has 0 amide bonds. The summed E-state index contributed by atoms with van der Waals surface area (Å²) in [6.45, 7) is 0. The third-order valence-corrected chi connectivity index (χ3v) is 13.3. The second kappa shape index (κ2) is 15.6. The number of rotatable bonds is 8.